The van der Waals surface area contributed by atoms with Crippen LogP contribution in [0.3, 0.4) is 0 Å². The first kappa shape index (κ1) is 15.2. The van der Waals surface area contributed by atoms with Crippen LogP contribution in [0.1, 0.15) is 23.7 Å². The minimum absolute atomic E-state index is 0.148. The fourth-order valence-corrected chi connectivity index (χ4v) is 3.79. The summed E-state index contributed by atoms with van der Waals surface area (Å²) in [5.74, 6) is -0.148. The third-order valence-corrected chi connectivity index (χ3v) is 5.29. The van der Waals surface area contributed by atoms with Gasteiger partial charge in [-0.3, -0.25) is 4.79 Å². The first-order valence-corrected chi connectivity index (χ1v) is 8.50. The van der Waals surface area contributed by atoms with Crippen molar-refractivity contribution in [2.24, 2.45) is 0 Å². The van der Waals surface area contributed by atoms with E-state index in [2.05, 4.69) is 4.98 Å². The number of ketones is 1. The highest BCUT2D eigenvalue weighted by Crippen LogP contribution is 2.27. The Morgan fingerprint density at radius 3 is 2.57 bits per heavy atom. The molecule has 0 radical (unpaired) electrons. The molecule has 0 atom stereocenters. The molecule has 0 spiro atoms. The number of nitrogen functional groups attached to an aromatic ring is 1. The Hall–Kier alpha value is -2.67. The van der Waals surface area contributed by atoms with Crippen LogP contribution in [0.25, 0.3) is 11.0 Å². The summed E-state index contributed by atoms with van der Waals surface area (Å²) in [4.78, 5) is 16.4. The van der Waals surface area contributed by atoms with E-state index in [1.54, 1.807) is 31.2 Å². The standard InChI is InChI=1S/C16H15N3O3S/c1-2-14(20)15-12-8-9-19(16(12)18-10-13(15)17)23(21,22)11-6-4-3-5-7-11/h3-10H,2,17H2,1H3. The number of pyridine rings is 1. The Morgan fingerprint density at radius 1 is 1.22 bits per heavy atom. The molecule has 0 bridgehead atoms. The van der Waals surface area contributed by atoms with Gasteiger partial charge in [-0.1, -0.05) is 25.1 Å². The summed E-state index contributed by atoms with van der Waals surface area (Å²) in [6.07, 6.45) is 2.99. The number of carbonyl (C=O) groups is 1. The maximum Gasteiger partial charge on any atom is 0.269 e. The van der Waals surface area contributed by atoms with Crippen molar-refractivity contribution in [3.05, 3.63) is 54.4 Å². The Kier molecular flexibility index (Phi) is 3.65. The van der Waals surface area contributed by atoms with E-state index in [-0.39, 0.29) is 28.4 Å². The maximum absolute atomic E-state index is 12.8. The predicted molar refractivity (Wildman–Crippen MR) is 87.8 cm³/mol. The Labute approximate surface area is 133 Å². The normalized spacial score (nSPS) is 11.7. The van der Waals surface area contributed by atoms with E-state index in [1.807, 2.05) is 0 Å². The van der Waals surface area contributed by atoms with E-state index in [4.69, 9.17) is 5.73 Å². The van der Waals surface area contributed by atoms with Gasteiger partial charge in [-0.2, -0.15) is 0 Å². The van der Waals surface area contributed by atoms with Crippen LogP contribution in [-0.2, 0) is 10.0 Å². The molecule has 0 fully saturated rings. The van der Waals surface area contributed by atoms with Crippen LogP contribution >= 0.6 is 0 Å². The molecule has 0 aliphatic heterocycles. The SMILES string of the molecule is CCC(=O)c1c(N)cnc2c1ccn2S(=O)(=O)c1ccccc1. The fourth-order valence-electron chi connectivity index (χ4n) is 2.47. The zero-order valence-electron chi connectivity index (χ0n) is 12.4. The number of Topliss-reactive ketones (excluding diaryl/α,β-unsaturated/α-hetero) is 1. The summed E-state index contributed by atoms with van der Waals surface area (Å²) in [6, 6.07) is 9.62. The van der Waals surface area contributed by atoms with Crippen LogP contribution in [0, 0.1) is 0 Å². The van der Waals surface area contributed by atoms with Gasteiger partial charge < -0.3 is 5.73 Å². The number of carbonyl (C=O) groups excluding carboxylic acids is 1. The van der Waals surface area contributed by atoms with Crippen molar-refractivity contribution in [3.8, 4) is 0 Å². The molecule has 118 valence electrons. The molecule has 0 saturated heterocycles. The van der Waals surface area contributed by atoms with Crippen LogP contribution in [0.2, 0.25) is 0 Å². The van der Waals surface area contributed by atoms with E-state index in [9.17, 15) is 13.2 Å². The zero-order chi connectivity index (χ0) is 16.6. The average molecular weight is 329 g/mol. The quantitative estimate of drug-likeness (QED) is 0.742. The van der Waals surface area contributed by atoms with Gasteiger partial charge in [0.1, 0.15) is 0 Å². The molecule has 2 N–H and O–H groups in total. The number of fused-ring (bicyclic) bond motifs is 1. The molecule has 0 saturated carbocycles. The van der Waals surface area contributed by atoms with Gasteiger partial charge in [0.15, 0.2) is 11.4 Å². The van der Waals surface area contributed by atoms with Gasteiger partial charge in [0.2, 0.25) is 0 Å². The molecule has 3 rings (SSSR count). The van der Waals surface area contributed by atoms with Crippen molar-refractivity contribution in [2.75, 3.05) is 5.73 Å². The number of rotatable bonds is 4. The van der Waals surface area contributed by atoms with Gasteiger partial charge in [0.25, 0.3) is 10.0 Å². The molecule has 2 aromatic heterocycles. The molecule has 1 aromatic carbocycles. The van der Waals surface area contributed by atoms with E-state index in [0.717, 1.165) is 3.97 Å². The minimum atomic E-state index is -3.78. The second kappa shape index (κ2) is 5.51. The maximum atomic E-state index is 12.8. The lowest BCUT2D eigenvalue weighted by Crippen LogP contribution is -2.13. The Morgan fingerprint density at radius 2 is 1.91 bits per heavy atom. The molecule has 0 aliphatic carbocycles. The molecular formula is C16H15N3O3S. The number of benzene rings is 1. The molecule has 0 aliphatic rings. The second-order valence-corrected chi connectivity index (χ2v) is 6.85. The van der Waals surface area contributed by atoms with E-state index in [0.29, 0.717) is 10.9 Å². The fraction of sp³-hybridized carbons (Fsp3) is 0.125. The van der Waals surface area contributed by atoms with E-state index < -0.39 is 10.0 Å². The number of aromatic nitrogens is 2. The summed E-state index contributed by atoms with van der Waals surface area (Å²) in [5.41, 5.74) is 6.61. The Bertz CT molecular complexity index is 992. The monoisotopic (exact) mass is 329 g/mol. The van der Waals surface area contributed by atoms with Crippen molar-refractivity contribution in [1.82, 2.24) is 8.96 Å². The van der Waals surface area contributed by atoms with Crippen LogP contribution in [0.15, 0.2) is 53.7 Å². The van der Waals surface area contributed by atoms with Crippen molar-refractivity contribution in [3.63, 3.8) is 0 Å². The predicted octanol–water partition coefficient (Wildman–Crippen LogP) is 2.45. The van der Waals surface area contributed by atoms with Crippen molar-refractivity contribution in [2.45, 2.75) is 18.2 Å². The van der Waals surface area contributed by atoms with Gasteiger partial charge in [0.05, 0.1) is 22.3 Å². The molecular weight excluding hydrogens is 314 g/mol. The highest BCUT2D eigenvalue weighted by molar-refractivity contribution is 7.90. The summed E-state index contributed by atoms with van der Waals surface area (Å²) in [7, 11) is -3.78. The van der Waals surface area contributed by atoms with E-state index in [1.165, 1.54) is 24.5 Å². The van der Waals surface area contributed by atoms with Crippen LogP contribution in [-0.4, -0.2) is 23.2 Å². The number of hydrogen-bond donors (Lipinski definition) is 1. The lowest BCUT2D eigenvalue weighted by atomic mass is 10.1. The molecule has 0 unspecified atom stereocenters. The lowest BCUT2D eigenvalue weighted by Gasteiger charge is -2.09. The molecule has 23 heavy (non-hydrogen) atoms. The van der Waals surface area contributed by atoms with Crippen molar-refractivity contribution in [1.29, 1.82) is 0 Å². The van der Waals surface area contributed by atoms with Gasteiger partial charge in [-0.15, -0.1) is 0 Å². The summed E-state index contributed by atoms with van der Waals surface area (Å²) in [6.45, 7) is 1.73. The van der Waals surface area contributed by atoms with E-state index >= 15 is 0 Å². The van der Waals surface area contributed by atoms with Gasteiger partial charge in [-0.25, -0.2) is 17.4 Å². The third-order valence-electron chi connectivity index (χ3n) is 3.61. The first-order valence-electron chi connectivity index (χ1n) is 7.06. The molecule has 7 heteroatoms. The topological polar surface area (TPSA) is 95.1 Å². The molecule has 2 heterocycles. The summed E-state index contributed by atoms with van der Waals surface area (Å²) in [5, 5.41) is 0.441. The van der Waals surface area contributed by atoms with Crippen LogP contribution in [0.4, 0.5) is 5.69 Å². The lowest BCUT2D eigenvalue weighted by molar-refractivity contribution is 0.0990. The number of nitrogens with zero attached hydrogens (tertiary/aromatic N) is 2. The molecule has 3 aromatic rings. The smallest absolute Gasteiger partial charge is 0.269 e. The highest BCUT2D eigenvalue weighted by atomic mass is 32.2. The highest BCUT2D eigenvalue weighted by Gasteiger charge is 2.22. The summed E-state index contributed by atoms with van der Waals surface area (Å²) < 4.78 is 26.6. The first-order chi connectivity index (χ1) is 11.0. The second-order valence-electron chi connectivity index (χ2n) is 5.03. The van der Waals surface area contributed by atoms with Crippen LogP contribution in [0.5, 0.6) is 0 Å². The summed E-state index contributed by atoms with van der Waals surface area (Å²) >= 11 is 0. The van der Waals surface area contributed by atoms with Gasteiger partial charge >= 0.3 is 0 Å². The number of hydrogen-bond acceptors (Lipinski definition) is 5. The number of nitrogens with two attached hydrogens (primary N) is 1. The minimum Gasteiger partial charge on any atom is -0.397 e. The van der Waals surface area contributed by atoms with Crippen LogP contribution < -0.4 is 5.73 Å². The Balaban J connectivity index is 2.28. The van der Waals surface area contributed by atoms with Gasteiger partial charge in [-0.05, 0) is 18.2 Å². The van der Waals surface area contributed by atoms with Crippen molar-refractivity contribution >= 4 is 32.5 Å². The zero-order valence-corrected chi connectivity index (χ0v) is 13.2. The van der Waals surface area contributed by atoms with Gasteiger partial charge in [0, 0.05) is 18.0 Å². The molecule has 6 nitrogen and oxygen atoms in total. The third kappa shape index (κ3) is 2.39. The average Bonchev–Trinajstić information content (AvgIpc) is 2.99. The number of anilines is 1. The van der Waals surface area contributed by atoms with Crippen molar-refractivity contribution < 1.29 is 13.2 Å². The molecule has 0 amide bonds. The largest absolute Gasteiger partial charge is 0.397 e.